The van der Waals surface area contributed by atoms with E-state index in [1.54, 1.807) is 6.07 Å². The van der Waals surface area contributed by atoms with Crippen LogP contribution in [-0.4, -0.2) is 0 Å². The van der Waals surface area contributed by atoms with E-state index in [-0.39, 0.29) is 5.75 Å². The fourth-order valence-corrected chi connectivity index (χ4v) is 0.845. The fourth-order valence-electron chi connectivity index (χ4n) is 0.467. The third kappa shape index (κ3) is 1.23. The van der Waals surface area contributed by atoms with Crippen LogP contribution in [0.25, 0.3) is 0 Å². The molecule has 0 aliphatic heterocycles. The largest absolute Gasteiger partial charge is 0.290 e. The smallest absolute Gasteiger partial charge is 0.179 e. The van der Waals surface area contributed by atoms with E-state index >= 15 is 0 Å². The molecule has 0 amide bonds. The molecule has 1 radical (unpaired) electrons. The predicted octanol–water partition coefficient (Wildman–Crippen LogP) is 2.59. The zero-order chi connectivity index (χ0) is 5.98. The van der Waals surface area contributed by atoms with Crippen LogP contribution in [0.5, 0.6) is 5.75 Å². The zero-order valence-electron chi connectivity index (χ0n) is 4.10. The summed E-state index contributed by atoms with van der Waals surface area (Å²) in [5.74, 6) is 0.0411. The molecule has 0 unspecified atom stereocenters. The molecule has 0 fully saturated rings. The van der Waals surface area contributed by atoms with E-state index in [0.29, 0.717) is 0 Å². The summed E-state index contributed by atoms with van der Waals surface area (Å²) in [7, 11) is 0. The normalized spacial score (nSPS) is 9.12. The van der Waals surface area contributed by atoms with Gasteiger partial charge in [-0.3, -0.25) is 5.11 Å². The molecule has 1 nitrogen and oxygen atoms in total. The van der Waals surface area contributed by atoms with Crippen LogP contribution in [0.4, 0.5) is 0 Å². The molecule has 2 heteroatoms. The van der Waals surface area contributed by atoms with Crippen LogP contribution in [0.3, 0.4) is 0 Å². The Morgan fingerprint density at radius 1 is 1.38 bits per heavy atom. The summed E-state index contributed by atoms with van der Waals surface area (Å²) in [6.07, 6.45) is 0. The van der Waals surface area contributed by atoms with Crippen molar-refractivity contribution in [2.75, 3.05) is 0 Å². The minimum absolute atomic E-state index is 0.0411. The summed E-state index contributed by atoms with van der Waals surface area (Å²) in [4.78, 5) is 0. The molecule has 41 valence electrons. The summed E-state index contributed by atoms with van der Waals surface area (Å²) in [5, 5.41) is 10.5. The summed E-state index contributed by atoms with van der Waals surface area (Å²) >= 11 is 3.16. The molecule has 0 aromatic heterocycles. The van der Waals surface area contributed by atoms with Crippen LogP contribution in [0.2, 0.25) is 0 Å². The van der Waals surface area contributed by atoms with Crippen LogP contribution in [0, 0.1) is 0 Å². The lowest BCUT2D eigenvalue weighted by Crippen LogP contribution is -1.60. The number of halogens is 1. The Hall–Kier alpha value is -0.500. The van der Waals surface area contributed by atoms with Crippen LogP contribution < -0.4 is 0 Å². The highest BCUT2D eigenvalue weighted by Gasteiger charge is 1.87. The van der Waals surface area contributed by atoms with E-state index in [4.69, 9.17) is 0 Å². The summed E-state index contributed by atoms with van der Waals surface area (Å²) in [6, 6.07) is 6.58. The maximum Gasteiger partial charge on any atom is 0.179 e. The van der Waals surface area contributed by atoms with Crippen LogP contribution in [-0.2, 0) is 5.11 Å². The Labute approximate surface area is 56.1 Å². The average Bonchev–Trinajstić information content (AvgIpc) is 1.64. The second kappa shape index (κ2) is 2.18. The SMILES string of the molecule is [O]c1cccc(Br)c1. The lowest BCUT2D eigenvalue weighted by atomic mass is 10.3. The van der Waals surface area contributed by atoms with E-state index in [9.17, 15) is 5.11 Å². The number of rotatable bonds is 0. The van der Waals surface area contributed by atoms with Gasteiger partial charge in [-0.15, -0.1) is 0 Å². The van der Waals surface area contributed by atoms with Gasteiger partial charge in [-0.05, 0) is 18.2 Å². The van der Waals surface area contributed by atoms with Gasteiger partial charge < -0.3 is 0 Å². The van der Waals surface area contributed by atoms with Crippen molar-refractivity contribution >= 4 is 15.9 Å². The molecule has 1 aromatic carbocycles. The van der Waals surface area contributed by atoms with E-state index in [1.807, 2.05) is 6.07 Å². The zero-order valence-corrected chi connectivity index (χ0v) is 5.68. The Bertz CT molecular complexity index is 168. The second-order valence-corrected chi connectivity index (χ2v) is 2.37. The fraction of sp³-hybridized carbons (Fsp3) is 0. The van der Waals surface area contributed by atoms with Gasteiger partial charge >= 0.3 is 0 Å². The van der Waals surface area contributed by atoms with Gasteiger partial charge in [0, 0.05) is 4.47 Å². The number of benzene rings is 1. The van der Waals surface area contributed by atoms with Gasteiger partial charge in [0.2, 0.25) is 0 Å². The first kappa shape index (κ1) is 5.63. The molecule has 1 aromatic rings. The van der Waals surface area contributed by atoms with Gasteiger partial charge in [0.05, 0.1) is 0 Å². The number of hydrogen-bond donors (Lipinski definition) is 0. The minimum atomic E-state index is 0.0411. The van der Waals surface area contributed by atoms with Crippen molar-refractivity contribution in [3.8, 4) is 5.75 Å². The van der Waals surface area contributed by atoms with E-state index < -0.39 is 0 Å². The maximum atomic E-state index is 10.5. The van der Waals surface area contributed by atoms with E-state index in [2.05, 4.69) is 15.9 Å². The highest BCUT2D eigenvalue weighted by atomic mass is 79.9. The summed E-state index contributed by atoms with van der Waals surface area (Å²) < 4.78 is 0.838. The third-order valence-electron chi connectivity index (χ3n) is 0.796. The molecule has 0 saturated heterocycles. The van der Waals surface area contributed by atoms with Crippen molar-refractivity contribution < 1.29 is 5.11 Å². The first-order valence-electron chi connectivity index (χ1n) is 2.21. The summed E-state index contributed by atoms with van der Waals surface area (Å²) in [5.41, 5.74) is 0. The Balaban J connectivity index is 3.08. The molecular formula is C6H4BrO. The molecule has 0 bridgehead atoms. The molecule has 0 aliphatic carbocycles. The van der Waals surface area contributed by atoms with Crippen LogP contribution in [0.15, 0.2) is 28.7 Å². The highest BCUT2D eigenvalue weighted by Crippen LogP contribution is 2.15. The van der Waals surface area contributed by atoms with E-state index in [0.717, 1.165) is 4.47 Å². The van der Waals surface area contributed by atoms with Crippen molar-refractivity contribution in [1.29, 1.82) is 0 Å². The predicted molar refractivity (Wildman–Crippen MR) is 34.3 cm³/mol. The Kier molecular flexibility index (Phi) is 1.53. The van der Waals surface area contributed by atoms with Gasteiger partial charge in [0.15, 0.2) is 5.75 Å². The molecule has 0 atom stereocenters. The molecule has 0 heterocycles. The standard InChI is InChI=1S/C6H4BrO/c7-5-2-1-3-6(8)4-5/h1-4H. The lowest BCUT2D eigenvalue weighted by Gasteiger charge is -1.85. The second-order valence-electron chi connectivity index (χ2n) is 1.46. The molecular weight excluding hydrogens is 168 g/mol. The van der Waals surface area contributed by atoms with Crippen molar-refractivity contribution in [3.63, 3.8) is 0 Å². The molecule has 0 saturated carbocycles. The molecule has 8 heavy (non-hydrogen) atoms. The van der Waals surface area contributed by atoms with Gasteiger partial charge in [0.1, 0.15) is 0 Å². The maximum absolute atomic E-state index is 10.5. The van der Waals surface area contributed by atoms with Gasteiger partial charge in [-0.2, -0.15) is 0 Å². The minimum Gasteiger partial charge on any atom is -0.290 e. The van der Waals surface area contributed by atoms with Crippen molar-refractivity contribution in [3.05, 3.63) is 28.7 Å². The number of hydrogen-bond acceptors (Lipinski definition) is 0. The third-order valence-corrected chi connectivity index (χ3v) is 1.29. The lowest BCUT2D eigenvalue weighted by molar-refractivity contribution is 0.354. The Morgan fingerprint density at radius 2 is 2.12 bits per heavy atom. The molecule has 0 N–H and O–H groups in total. The van der Waals surface area contributed by atoms with Crippen LogP contribution >= 0.6 is 15.9 Å². The van der Waals surface area contributed by atoms with Gasteiger partial charge in [-0.1, -0.05) is 22.0 Å². The average molecular weight is 172 g/mol. The monoisotopic (exact) mass is 171 g/mol. The first-order valence-corrected chi connectivity index (χ1v) is 3.01. The molecule has 0 spiro atoms. The van der Waals surface area contributed by atoms with Crippen molar-refractivity contribution in [2.24, 2.45) is 0 Å². The summed E-state index contributed by atoms with van der Waals surface area (Å²) in [6.45, 7) is 0. The topological polar surface area (TPSA) is 19.9 Å². The quantitative estimate of drug-likeness (QED) is 0.573. The van der Waals surface area contributed by atoms with Gasteiger partial charge in [-0.25, -0.2) is 0 Å². The van der Waals surface area contributed by atoms with Crippen LogP contribution in [0.1, 0.15) is 0 Å². The first-order chi connectivity index (χ1) is 3.79. The van der Waals surface area contributed by atoms with Crippen molar-refractivity contribution in [1.82, 2.24) is 0 Å². The Morgan fingerprint density at radius 3 is 2.50 bits per heavy atom. The highest BCUT2D eigenvalue weighted by molar-refractivity contribution is 9.10. The van der Waals surface area contributed by atoms with Crippen molar-refractivity contribution in [2.45, 2.75) is 0 Å². The molecule has 1 rings (SSSR count). The van der Waals surface area contributed by atoms with Gasteiger partial charge in [0.25, 0.3) is 0 Å². The molecule has 0 aliphatic rings. The van der Waals surface area contributed by atoms with E-state index in [1.165, 1.54) is 12.1 Å².